The molecule has 0 aromatic rings. The summed E-state index contributed by atoms with van der Waals surface area (Å²) < 4.78 is 27.7. The van der Waals surface area contributed by atoms with E-state index in [0.717, 1.165) is 19.3 Å². The highest BCUT2D eigenvalue weighted by Gasteiger charge is 2.29. The summed E-state index contributed by atoms with van der Waals surface area (Å²) in [7, 11) is -3.43. The molecule has 0 bridgehead atoms. The summed E-state index contributed by atoms with van der Waals surface area (Å²) in [5.74, 6) is 0. The molecule has 5 nitrogen and oxygen atoms in total. The van der Waals surface area contributed by atoms with E-state index in [0.29, 0.717) is 13.1 Å². The number of hydrogen-bond donors (Lipinski definition) is 2. The molecule has 0 amide bonds. The molecule has 1 saturated heterocycles. The van der Waals surface area contributed by atoms with Gasteiger partial charge in [0.2, 0.25) is 0 Å². The minimum Gasteiger partial charge on any atom is -0.394 e. The standard InChI is InChI=1S/C9H20N2O3S/c1-9(2,8-12)10-15(13,14)11-6-4-3-5-7-11/h10,12H,3-8H2,1-2H3. The van der Waals surface area contributed by atoms with E-state index in [9.17, 15) is 8.42 Å². The van der Waals surface area contributed by atoms with Gasteiger partial charge in [0.25, 0.3) is 10.2 Å². The molecule has 0 saturated carbocycles. The summed E-state index contributed by atoms with van der Waals surface area (Å²) in [6.45, 7) is 4.27. The Balaban J connectivity index is 2.65. The van der Waals surface area contributed by atoms with Crippen LogP contribution in [0.25, 0.3) is 0 Å². The van der Waals surface area contributed by atoms with Crippen molar-refractivity contribution in [2.75, 3.05) is 19.7 Å². The van der Waals surface area contributed by atoms with Crippen LogP contribution in [-0.2, 0) is 10.2 Å². The quantitative estimate of drug-likeness (QED) is 0.726. The molecule has 1 aliphatic rings. The van der Waals surface area contributed by atoms with E-state index in [1.165, 1.54) is 4.31 Å². The third kappa shape index (κ3) is 3.71. The van der Waals surface area contributed by atoms with Crippen molar-refractivity contribution >= 4 is 10.2 Å². The SMILES string of the molecule is CC(C)(CO)NS(=O)(=O)N1CCCCC1. The molecular formula is C9H20N2O3S. The van der Waals surface area contributed by atoms with Crippen LogP contribution >= 0.6 is 0 Å². The van der Waals surface area contributed by atoms with Gasteiger partial charge in [-0.1, -0.05) is 6.42 Å². The van der Waals surface area contributed by atoms with Crippen molar-refractivity contribution in [1.29, 1.82) is 0 Å². The van der Waals surface area contributed by atoms with Crippen molar-refractivity contribution in [3.63, 3.8) is 0 Å². The van der Waals surface area contributed by atoms with Crippen LogP contribution in [0.2, 0.25) is 0 Å². The van der Waals surface area contributed by atoms with Gasteiger partial charge in [0.1, 0.15) is 0 Å². The van der Waals surface area contributed by atoms with Crippen LogP contribution in [0.3, 0.4) is 0 Å². The highest BCUT2D eigenvalue weighted by molar-refractivity contribution is 7.87. The molecule has 90 valence electrons. The molecule has 0 spiro atoms. The first kappa shape index (κ1) is 12.9. The lowest BCUT2D eigenvalue weighted by molar-refractivity contribution is 0.204. The van der Waals surface area contributed by atoms with Gasteiger partial charge in [-0.3, -0.25) is 0 Å². The smallest absolute Gasteiger partial charge is 0.280 e. The van der Waals surface area contributed by atoms with Crippen LogP contribution < -0.4 is 4.72 Å². The van der Waals surface area contributed by atoms with Gasteiger partial charge in [-0.25, -0.2) is 0 Å². The Morgan fingerprint density at radius 1 is 1.27 bits per heavy atom. The van der Waals surface area contributed by atoms with Crippen molar-refractivity contribution in [3.8, 4) is 0 Å². The van der Waals surface area contributed by atoms with Crippen LogP contribution in [0.15, 0.2) is 0 Å². The largest absolute Gasteiger partial charge is 0.394 e. The van der Waals surface area contributed by atoms with Crippen LogP contribution in [-0.4, -0.2) is 43.1 Å². The van der Waals surface area contributed by atoms with E-state index < -0.39 is 15.7 Å². The minimum absolute atomic E-state index is 0.208. The first-order valence-electron chi connectivity index (χ1n) is 5.27. The molecule has 1 fully saturated rings. The van der Waals surface area contributed by atoms with E-state index in [1.807, 2.05) is 0 Å². The van der Waals surface area contributed by atoms with Crippen LogP contribution in [0, 0.1) is 0 Å². The van der Waals surface area contributed by atoms with Crippen LogP contribution in [0.4, 0.5) is 0 Å². The molecule has 2 N–H and O–H groups in total. The summed E-state index contributed by atoms with van der Waals surface area (Å²) in [6.07, 6.45) is 2.93. The maximum atomic E-state index is 11.9. The zero-order valence-corrected chi connectivity index (χ0v) is 10.2. The lowest BCUT2D eigenvalue weighted by atomic mass is 10.1. The molecule has 1 heterocycles. The Kier molecular flexibility index (Phi) is 4.11. The number of aliphatic hydroxyl groups is 1. The molecule has 0 radical (unpaired) electrons. The Morgan fingerprint density at radius 3 is 2.27 bits per heavy atom. The van der Waals surface area contributed by atoms with Gasteiger partial charge in [0, 0.05) is 13.1 Å². The Labute approximate surface area is 91.7 Å². The van der Waals surface area contributed by atoms with Gasteiger partial charge in [-0.05, 0) is 26.7 Å². The molecule has 0 unspecified atom stereocenters. The number of nitrogens with zero attached hydrogens (tertiary/aromatic N) is 1. The lowest BCUT2D eigenvalue weighted by Gasteiger charge is -2.31. The summed E-state index contributed by atoms with van der Waals surface area (Å²) >= 11 is 0. The maximum absolute atomic E-state index is 11.9. The third-order valence-corrected chi connectivity index (χ3v) is 4.31. The molecule has 0 atom stereocenters. The van der Waals surface area contributed by atoms with Crippen molar-refractivity contribution in [2.24, 2.45) is 0 Å². The second kappa shape index (κ2) is 4.78. The summed E-state index contributed by atoms with van der Waals surface area (Å²) in [4.78, 5) is 0. The topological polar surface area (TPSA) is 69.6 Å². The minimum atomic E-state index is -3.43. The van der Waals surface area contributed by atoms with Gasteiger partial charge >= 0.3 is 0 Å². The molecule has 6 heteroatoms. The fourth-order valence-electron chi connectivity index (χ4n) is 1.55. The molecule has 1 rings (SSSR count). The van der Waals surface area contributed by atoms with Crippen LogP contribution in [0.1, 0.15) is 33.1 Å². The van der Waals surface area contributed by atoms with Crippen molar-refractivity contribution < 1.29 is 13.5 Å². The molecule has 0 aromatic heterocycles. The van der Waals surface area contributed by atoms with E-state index in [4.69, 9.17) is 5.11 Å². The molecule has 1 aliphatic heterocycles. The first-order valence-corrected chi connectivity index (χ1v) is 6.71. The number of rotatable bonds is 4. The van der Waals surface area contributed by atoms with Crippen molar-refractivity contribution in [2.45, 2.75) is 38.6 Å². The number of piperidine rings is 1. The van der Waals surface area contributed by atoms with E-state index in [1.54, 1.807) is 13.8 Å². The Morgan fingerprint density at radius 2 is 1.80 bits per heavy atom. The second-order valence-corrected chi connectivity index (χ2v) is 6.28. The van der Waals surface area contributed by atoms with Gasteiger partial charge in [-0.2, -0.15) is 17.4 Å². The van der Waals surface area contributed by atoms with Crippen LogP contribution in [0.5, 0.6) is 0 Å². The lowest BCUT2D eigenvalue weighted by Crippen LogP contribution is -2.53. The number of aliphatic hydroxyl groups excluding tert-OH is 1. The van der Waals surface area contributed by atoms with Crippen molar-refractivity contribution in [1.82, 2.24) is 9.03 Å². The summed E-state index contributed by atoms with van der Waals surface area (Å²) in [5.41, 5.74) is -0.795. The number of nitrogens with one attached hydrogen (secondary N) is 1. The normalized spacial score (nSPS) is 20.5. The number of hydrogen-bond acceptors (Lipinski definition) is 3. The Hall–Kier alpha value is -0.170. The van der Waals surface area contributed by atoms with E-state index in [2.05, 4.69) is 4.72 Å². The molecule has 15 heavy (non-hydrogen) atoms. The third-order valence-electron chi connectivity index (χ3n) is 2.46. The molecule has 0 aliphatic carbocycles. The molecule has 0 aromatic carbocycles. The van der Waals surface area contributed by atoms with E-state index >= 15 is 0 Å². The predicted octanol–water partition coefficient (Wildman–Crippen LogP) is 0.0776. The monoisotopic (exact) mass is 236 g/mol. The summed E-state index contributed by atoms with van der Waals surface area (Å²) in [5, 5.41) is 9.01. The molecular weight excluding hydrogens is 216 g/mol. The Bertz CT molecular complexity index is 294. The predicted molar refractivity (Wildman–Crippen MR) is 58.6 cm³/mol. The average molecular weight is 236 g/mol. The maximum Gasteiger partial charge on any atom is 0.280 e. The fraction of sp³-hybridized carbons (Fsp3) is 1.00. The van der Waals surface area contributed by atoms with Gasteiger partial charge in [-0.15, -0.1) is 0 Å². The zero-order valence-electron chi connectivity index (χ0n) is 9.36. The van der Waals surface area contributed by atoms with Crippen molar-refractivity contribution in [3.05, 3.63) is 0 Å². The highest BCUT2D eigenvalue weighted by Crippen LogP contribution is 2.14. The average Bonchev–Trinajstić information content (AvgIpc) is 2.18. The van der Waals surface area contributed by atoms with Gasteiger partial charge in [0.15, 0.2) is 0 Å². The fourth-order valence-corrected chi connectivity index (χ4v) is 3.18. The first-order chi connectivity index (χ1) is 6.87. The zero-order chi connectivity index (χ0) is 11.5. The van der Waals surface area contributed by atoms with E-state index in [-0.39, 0.29) is 6.61 Å². The summed E-state index contributed by atoms with van der Waals surface area (Å²) in [6, 6.07) is 0. The highest BCUT2D eigenvalue weighted by atomic mass is 32.2. The van der Waals surface area contributed by atoms with Gasteiger partial charge < -0.3 is 5.11 Å². The second-order valence-electron chi connectivity index (χ2n) is 4.61. The van der Waals surface area contributed by atoms with Gasteiger partial charge in [0.05, 0.1) is 12.1 Å².